The van der Waals surface area contributed by atoms with Crippen LogP contribution >= 0.6 is 0 Å². The maximum atomic E-state index is 6.48. The van der Waals surface area contributed by atoms with Crippen LogP contribution in [0.4, 0.5) is 0 Å². The zero-order chi connectivity index (χ0) is 41.4. The molecule has 3 heteroatoms. The molecule has 296 valence electrons. The average Bonchev–Trinajstić information content (AvgIpc) is 4.03. The van der Waals surface area contributed by atoms with Crippen molar-refractivity contribution in [2.24, 2.45) is 0 Å². The van der Waals surface area contributed by atoms with Crippen LogP contribution < -0.4 is 0 Å². The summed E-state index contributed by atoms with van der Waals surface area (Å²) >= 11 is 0. The Balaban J connectivity index is 0.874. The monoisotopic (exact) mass is 805 g/mol. The van der Waals surface area contributed by atoms with Gasteiger partial charge in [0, 0.05) is 43.9 Å². The molecule has 0 aliphatic heterocycles. The minimum Gasteiger partial charge on any atom is -0.456 e. The first kappa shape index (κ1) is 35.6. The van der Waals surface area contributed by atoms with Gasteiger partial charge in [-0.25, -0.2) is 0 Å². The van der Waals surface area contributed by atoms with Gasteiger partial charge in [0.05, 0.1) is 5.52 Å². The van der Waals surface area contributed by atoms with Gasteiger partial charge in [0.25, 0.3) is 0 Å². The van der Waals surface area contributed by atoms with Crippen LogP contribution in [0, 0.1) is 0 Å². The lowest BCUT2D eigenvalue weighted by atomic mass is 9.95. The third-order valence-electron chi connectivity index (χ3n) is 13.1. The van der Waals surface area contributed by atoms with Crippen molar-refractivity contribution < 1.29 is 8.83 Å². The van der Waals surface area contributed by atoms with Gasteiger partial charge in [-0.2, -0.15) is 0 Å². The normalized spacial score (nSPS) is 12.6. The third-order valence-corrected chi connectivity index (χ3v) is 13.1. The van der Waals surface area contributed by atoms with E-state index in [4.69, 9.17) is 8.83 Å². The van der Waals surface area contributed by atoms with E-state index in [9.17, 15) is 0 Å². The van der Waals surface area contributed by atoms with Crippen molar-refractivity contribution in [3.63, 3.8) is 0 Å². The summed E-state index contributed by atoms with van der Waals surface area (Å²) in [5, 5.41) is 5.71. The molecule has 1 aliphatic rings. The maximum absolute atomic E-state index is 6.48. The van der Waals surface area contributed by atoms with E-state index in [2.05, 4.69) is 217 Å². The predicted molar refractivity (Wildman–Crippen MR) is 262 cm³/mol. The molecule has 0 radical (unpaired) electrons. The molecule has 63 heavy (non-hydrogen) atoms. The second-order valence-electron chi connectivity index (χ2n) is 16.8. The highest BCUT2D eigenvalue weighted by atomic mass is 16.3. The minimum absolute atomic E-state index is 0.880. The van der Waals surface area contributed by atoms with E-state index in [1.807, 2.05) is 0 Å². The van der Waals surface area contributed by atoms with Gasteiger partial charge in [0.2, 0.25) is 0 Å². The summed E-state index contributed by atoms with van der Waals surface area (Å²) in [5.74, 6) is 0. The minimum atomic E-state index is 0.880. The second-order valence-corrected chi connectivity index (χ2v) is 16.8. The molecular formula is C60H39NO2. The number of fused-ring (bicyclic) bond motifs is 9. The maximum Gasteiger partial charge on any atom is 0.135 e. The van der Waals surface area contributed by atoms with Crippen LogP contribution in [0.5, 0.6) is 0 Å². The predicted octanol–water partition coefficient (Wildman–Crippen LogP) is 16.7. The first-order valence-electron chi connectivity index (χ1n) is 21.8. The SMILES string of the molecule is C1=Cc2c(n(-c3ccc4oc5ccc(-c6ccc7oc8ccc(-c9cccc(-c%10cccc(-c%11ccccc%11)c%10)c9)cc8c7c6)cc5c4c3)c3ccc(-c4ccccc4)cc23)CC1. The van der Waals surface area contributed by atoms with Gasteiger partial charge in [-0.3, -0.25) is 0 Å². The number of furan rings is 2. The lowest BCUT2D eigenvalue weighted by Gasteiger charge is -2.13. The number of allylic oxidation sites excluding steroid dienone is 1. The summed E-state index contributed by atoms with van der Waals surface area (Å²) in [7, 11) is 0. The molecule has 0 fully saturated rings. The average molecular weight is 806 g/mol. The quantitative estimate of drug-likeness (QED) is 0.168. The first-order chi connectivity index (χ1) is 31.2. The van der Waals surface area contributed by atoms with Gasteiger partial charge in [-0.15, -0.1) is 0 Å². The van der Waals surface area contributed by atoms with E-state index < -0.39 is 0 Å². The van der Waals surface area contributed by atoms with E-state index in [0.717, 1.165) is 79.1 Å². The summed E-state index contributed by atoms with van der Waals surface area (Å²) < 4.78 is 15.4. The number of benzene rings is 9. The van der Waals surface area contributed by atoms with E-state index in [1.165, 1.54) is 61.1 Å². The highest BCUT2D eigenvalue weighted by Gasteiger charge is 2.21. The van der Waals surface area contributed by atoms with Gasteiger partial charge in [-0.1, -0.05) is 133 Å². The Morgan fingerprint density at radius 3 is 1.29 bits per heavy atom. The zero-order valence-electron chi connectivity index (χ0n) is 34.4. The molecule has 0 saturated carbocycles. The molecule has 13 rings (SSSR count). The van der Waals surface area contributed by atoms with E-state index in [0.29, 0.717) is 0 Å². The molecule has 0 bridgehead atoms. The summed E-state index contributed by atoms with van der Waals surface area (Å²) in [6.07, 6.45) is 6.66. The smallest absolute Gasteiger partial charge is 0.135 e. The molecule has 3 nitrogen and oxygen atoms in total. The second kappa shape index (κ2) is 14.2. The van der Waals surface area contributed by atoms with Crippen LogP contribution in [0.25, 0.3) is 122 Å². The standard InChI is InChI=1S/C60H39NO2/c1-3-11-38(12-4-1)40-15-9-16-41(31-40)42-17-10-18-43(32-42)45-22-27-57-51(34-45)52-35-46(23-28-58(52)62-57)47-24-29-59-53(36-47)54-37-48(25-30-60(54)63-59)61-55-20-8-7-19-49(55)50-33-44(21-26-56(50)61)39-13-5-2-6-14-39/h1-7,9-19,21-37H,8,20H2. The van der Waals surface area contributed by atoms with Crippen LogP contribution in [-0.2, 0) is 6.42 Å². The molecule has 0 atom stereocenters. The van der Waals surface area contributed by atoms with Crippen molar-refractivity contribution in [2.75, 3.05) is 0 Å². The number of hydrogen-bond acceptors (Lipinski definition) is 2. The molecule has 0 N–H and O–H groups in total. The van der Waals surface area contributed by atoms with Gasteiger partial charge in [0.15, 0.2) is 0 Å². The Bertz CT molecular complexity index is 3790. The number of aromatic nitrogens is 1. The molecule has 1 aliphatic carbocycles. The molecule has 3 aromatic heterocycles. The molecule has 0 unspecified atom stereocenters. The summed E-state index contributed by atoms with van der Waals surface area (Å²) in [4.78, 5) is 0. The lowest BCUT2D eigenvalue weighted by Crippen LogP contribution is -2.02. The third kappa shape index (κ3) is 5.96. The van der Waals surface area contributed by atoms with Crippen LogP contribution in [-0.4, -0.2) is 4.57 Å². The molecule has 0 saturated heterocycles. The Morgan fingerprint density at radius 2 is 0.746 bits per heavy atom. The fraction of sp³-hybridized carbons (Fsp3) is 0.0333. The lowest BCUT2D eigenvalue weighted by molar-refractivity contribution is 0.668. The fourth-order valence-electron chi connectivity index (χ4n) is 9.93. The van der Waals surface area contributed by atoms with Gasteiger partial charge in [-0.05, 0) is 147 Å². The molecule has 0 amide bonds. The summed E-state index contributed by atoms with van der Waals surface area (Å²) in [5.41, 5.74) is 20.5. The van der Waals surface area contributed by atoms with Crippen LogP contribution in [0.15, 0.2) is 215 Å². The van der Waals surface area contributed by atoms with Crippen LogP contribution in [0.1, 0.15) is 17.7 Å². The van der Waals surface area contributed by atoms with E-state index in [-0.39, 0.29) is 0 Å². The Hall–Kier alpha value is -8.14. The summed E-state index contributed by atoms with van der Waals surface area (Å²) in [6, 6.07) is 72.1. The fourth-order valence-corrected chi connectivity index (χ4v) is 9.93. The Labute approximate surface area is 364 Å². The van der Waals surface area contributed by atoms with Crippen molar-refractivity contribution in [1.29, 1.82) is 0 Å². The summed E-state index contributed by atoms with van der Waals surface area (Å²) in [6.45, 7) is 0. The van der Waals surface area contributed by atoms with Crippen molar-refractivity contribution in [2.45, 2.75) is 12.8 Å². The molecule has 9 aromatic carbocycles. The van der Waals surface area contributed by atoms with Gasteiger partial charge in [0.1, 0.15) is 22.3 Å². The van der Waals surface area contributed by atoms with Crippen molar-refractivity contribution in [1.82, 2.24) is 4.57 Å². The van der Waals surface area contributed by atoms with Crippen molar-refractivity contribution in [3.8, 4) is 61.3 Å². The largest absolute Gasteiger partial charge is 0.456 e. The van der Waals surface area contributed by atoms with Crippen LogP contribution in [0.3, 0.4) is 0 Å². The highest BCUT2D eigenvalue weighted by Crippen LogP contribution is 2.41. The van der Waals surface area contributed by atoms with Gasteiger partial charge < -0.3 is 13.4 Å². The molecular weight excluding hydrogens is 767 g/mol. The Kier molecular flexibility index (Phi) is 8.04. The topological polar surface area (TPSA) is 31.2 Å². The first-order valence-corrected chi connectivity index (χ1v) is 21.8. The van der Waals surface area contributed by atoms with Crippen molar-refractivity contribution >= 4 is 60.9 Å². The Morgan fingerprint density at radius 1 is 0.333 bits per heavy atom. The number of hydrogen-bond donors (Lipinski definition) is 0. The van der Waals surface area contributed by atoms with E-state index in [1.54, 1.807) is 0 Å². The van der Waals surface area contributed by atoms with Crippen molar-refractivity contribution in [3.05, 3.63) is 218 Å². The van der Waals surface area contributed by atoms with Crippen LogP contribution in [0.2, 0.25) is 0 Å². The number of nitrogens with zero attached hydrogens (tertiary/aromatic N) is 1. The van der Waals surface area contributed by atoms with Gasteiger partial charge >= 0.3 is 0 Å². The molecule has 3 heterocycles. The zero-order valence-corrected chi connectivity index (χ0v) is 34.4. The molecule has 0 spiro atoms. The van der Waals surface area contributed by atoms with E-state index >= 15 is 0 Å². The highest BCUT2D eigenvalue weighted by molar-refractivity contribution is 6.10. The number of rotatable bonds is 6. The molecule has 12 aromatic rings.